The van der Waals surface area contributed by atoms with E-state index in [1.165, 1.54) is 6.07 Å². The Morgan fingerprint density at radius 1 is 1.56 bits per heavy atom. The molecule has 0 amide bonds. The smallest absolute Gasteiger partial charge is 0.283 e. The zero-order chi connectivity index (χ0) is 13.1. The second-order valence-corrected chi connectivity index (χ2v) is 4.53. The maximum Gasteiger partial charge on any atom is 0.283 e. The van der Waals surface area contributed by atoms with Crippen LogP contribution in [0.3, 0.4) is 0 Å². The first kappa shape index (κ1) is 12.5. The van der Waals surface area contributed by atoms with Gasteiger partial charge in [-0.2, -0.15) is 0 Å². The van der Waals surface area contributed by atoms with Crippen molar-refractivity contribution in [1.29, 1.82) is 0 Å². The first-order valence-corrected chi connectivity index (χ1v) is 5.87. The molecule has 2 aromatic rings. The second kappa shape index (κ2) is 5.15. The topological polar surface area (TPSA) is 105 Å². The molecule has 0 bridgehead atoms. The molecule has 1 aromatic carbocycles. The predicted molar refractivity (Wildman–Crippen MR) is 64.3 cm³/mol. The normalized spacial score (nSPS) is 10.6. The Balaban J connectivity index is 2.34. The SMILES string of the molecule is Cc1nc(Sc2ccc(CO)cc2[N+](=O)[O-])n[nH]1. The van der Waals surface area contributed by atoms with Crippen molar-refractivity contribution in [2.24, 2.45) is 0 Å². The van der Waals surface area contributed by atoms with Crippen LogP contribution in [-0.2, 0) is 6.61 Å². The highest BCUT2D eigenvalue weighted by Crippen LogP contribution is 2.33. The summed E-state index contributed by atoms with van der Waals surface area (Å²) in [7, 11) is 0. The lowest BCUT2D eigenvalue weighted by atomic mass is 10.2. The molecule has 0 fully saturated rings. The molecule has 1 heterocycles. The van der Waals surface area contributed by atoms with Crippen LogP contribution in [0.5, 0.6) is 0 Å². The number of nitro benzene ring substituents is 1. The molecule has 0 spiro atoms. The van der Waals surface area contributed by atoms with Crippen molar-refractivity contribution in [2.75, 3.05) is 0 Å². The molecule has 0 radical (unpaired) electrons. The van der Waals surface area contributed by atoms with Crippen LogP contribution in [0, 0.1) is 17.0 Å². The van der Waals surface area contributed by atoms with Gasteiger partial charge in [-0.3, -0.25) is 15.2 Å². The van der Waals surface area contributed by atoms with E-state index >= 15 is 0 Å². The average molecular weight is 266 g/mol. The van der Waals surface area contributed by atoms with E-state index in [2.05, 4.69) is 15.2 Å². The Morgan fingerprint density at radius 2 is 2.33 bits per heavy atom. The Hall–Kier alpha value is -1.93. The minimum absolute atomic E-state index is 0.0611. The fraction of sp³-hybridized carbons (Fsp3) is 0.200. The lowest BCUT2D eigenvalue weighted by Crippen LogP contribution is -1.93. The number of nitrogens with zero attached hydrogens (tertiary/aromatic N) is 3. The van der Waals surface area contributed by atoms with E-state index in [9.17, 15) is 10.1 Å². The van der Waals surface area contributed by atoms with Gasteiger partial charge in [-0.05, 0) is 30.3 Å². The Bertz CT molecular complexity index is 584. The summed E-state index contributed by atoms with van der Waals surface area (Å²) in [6.07, 6.45) is 0. The van der Waals surface area contributed by atoms with Crippen molar-refractivity contribution in [1.82, 2.24) is 15.2 Å². The highest BCUT2D eigenvalue weighted by Gasteiger charge is 2.17. The fourth-order valence-electron chi connectivity index (χ4n) is 1.36. The third kappa shape index (κ3) is 2.66. The molecule has 0 atom stereocenters. The highest BCUT2D eigenvalue weighted by molar-refractivity contribution is 7.99. The maximum absolute atomic E-state index is 10.9. The van der Waals surface area contributed by atoms with Crippen LogP contribution < -0.4 is 0 Å². The van der Waals surface area contributed by atoms with Crippen molar-refractivity contribution in [2.45, 2.75) is 23.6 Å². The standard InChI is InChI=1S/C10H10N4O3S/c1-6-11-10(13-12-6)18-9-3-2-7(5-15)4-8(9)14(16)17/h2-4,15H,5H2,1H3,(H,11,12,13). The van der Waals surface area contributed by atoms with E-state index in [1.54, 1.807) is 19.1 Å². The van der Waals surface area contributed by atoms with E-state index in [0.29, 0.717) is 21.4 Å². The molecule has 8 heteroatoms. The maximum atomic E-state index is 10.9. The molecular formula is C10H10N4O3S. The number of aromatic amines is 1. The number of hydrogen-bond donors (Lipinski definition) is 2. The van der Waals surface area contributed by atoms with Crippen molar-refractivity contribution in [3.8, 4) is 0 Å². The average Bonchev–Trinajstić information content (AvgIpc) is 2.75. The van der Waals surface area contributed by atoms with Gasteiger partial charge in [0.05, 0.1) is 16.4 Å². The van der Waals surface area contributed by atoms with Crippen LogP contribution >= 0.6 is 11.8 Å². The Kier molecular flexibility index (Phi) is 3.58. The van der Waals surface area contributed by atoms with Gasteiger partial charge in [-0.25, -0.2) is 4.98 Å². The van der Waals surface area contributed by atoms with Crippen LogP contribution in [0.25, 0.3) is 0 Å². The number of aromatic nitrogens is 3. The summed E-state index contributed by atoms with van der Waals surface area (Å²) in [6, 6.07) is 4.57. The number of H-pyrrole nitrogens is 1. The second-order valence-electron chi connectivity index (χ2n) is 3.52. The van der Waals surface area contributed by atoms with Gasteiger partial charge in [0.25, 0.3) is 5.69 Å². The molecule has 2 rings (SSSR count). The lowest BCUT2D eigenvalue weighted by Gasteiger charge is -2.02. The number of hydrogen-bond acceptors (Lipinski definition) is 6. The molecular weight excluding hydrogens is 256 g/mol. The van der Waals surface area contributed by atoms with Crippen molar-refractivity contribution >= 4 is 17.4 Å². The molecule has 0 unspecified atom stereocenters. The van der Waals surface area contributed by atoms with Crippen LogP contribution in [0.1, 0.15) is 11.4 Å². The lowest BCUT2D eigenvalue weighted by molar-refractivity contribution is -0.387. The number of aliphatic hydroxyl groups excluding tert-OH is 1. The van der Waals surface area contributed by atoms with E-state index in [-0.39, 0.29) is 12.3 Å². The highest BCUT2D eigenvalue weighted by atomic mass is 32.2. The molecule has 0 aliphatic heterocycles. The fourth-order valence-corrected chi connectivity index (χ4v) is 2.20. The zero-order valence-electron chi connectivity index (χ0n) is 9.45. The van der Waals surface area contributed by atoms with Crippen molar-refractivity contribution in [3.05, 3.63) is 39.7 Å². The van der Waals surface area contributed by atoms with Gasteiger partial charge >= 0.3 is 0 Å². The molecule has 0 aliphatic rings. The first-order chi connectivity index (χ1) is 8.60. The molecule has 0 saturated carbocycles. The van der Waals surface area contributed by atoms with Gasteiger partial charge in [0.15, 0.2) is 0 Å². The van der Waals surface area contributed by atoms with Crippen LogP contribution in [0.2, 0.25) is 0 Å². The monoisotopic (exact) mass is 266 g/mol. The minimum Gasteiger partial charge on any atom is -0.392 e. The van der Waals surface area contributed by atoms with Crippen molar-refractivity contribution in [3.63, 3.8) is 0 Å². The number of benzene rings is 1. The van der Waals surface area contributed by atoms with E-state index in [0.717, 1.165) is 11.8 Å². The van der Waals surface area contributed by atoms with Crippen LogP contribution in [0.15, 0.2) is 28.3 Å². The summed E-state index contributed by atoms with van der Waals surface area (Å²) in [4.78, 5) is 15.0. The van der Waals surface area contributed by atoms with Gasteiger partial charge in [0.2, 0.25) is 5.16 Å². The molecule has 94 valence electrons. The summed E-state index contributed by atoms with van der Waals surface area (Å²) in [6.45, 7) is 1.52. The number of aliphatic hydroxyl groups is 1. The predicted octanol–water partition coefficient (Wildman–Crippen LogP) is 1.66. The molecule has 18 heavy (non-hydrogen) atoms. The Labute approximate surface area is 106 Å². The molecule has 0 saturated heterocycles. The molecule has 0 aliphatic carbocycles. The van der Waals surface area contributed by atoms with Gasteiger partial charge in [0.1, 0.15) is 5.82 Å². The van der Waals surface area contributed by atoms with E-state index in [1.807, 2.05) is 0 Å². The molecule has 7 nitrogen and oxygen atoms in total. The Morgan fingerprint density at radius 3 is 2.89 bits per heavy atom. The van der Waals surface area contributed by atoms with Crippen LogP contribution in [0.4, 0.5) is 5.69 Å². The van der Waals surface area contributed by atoms with Gasteiger partial charge < -0.3 is 5.11 Å². The molecule has 2 N–H and O–H groups in total. The third-order valence-corrected chi connectivity index (χ3v) is 3.11. The summed E-state index contributed by atoms with van der Waals surface area (Å²) in [5.41, 5.74) is 0.436. The summed E-state index contributed by atoms with van der Waals surface area (Å²) >= 11 is 1.11. The van der Waals surface area contributed by atoms with Gasteiger partial charge in [-0.15, -0.1) is 5.10 Å². The first-order valence-electron chi connectivity index (χ1n) is 5.05. The van der Waals surface area contributed by atoms with Gasteiger partial charge in [-0.1, -0.05) is 6.07 Å². The quantitative estimate of drug-likeness (QED) is 0.644. The minimum atomic E-state index is -0.485. The third-order valence-electron chi connectivity index (χ3n) is 2.18. The summed E-state index contributed by atoms with van der Waals surface area (Å²) < 4.78 is 0. The number of aryl methyl sites for hydroxylation is 1. The number of nitrogens with one attached hydrogen (secondary N) is 1. The van der Waals surface area contributed by atoms with Crippen molar-refractivity contribution < 1.29 is 10.0 Å². The summed E-state index contributed by atoms with van der Waals surface area (Å²) in [5.74, 6) is 0.645. The number of rotatable bonds is 4. The largest absolute Gasteiger partial charge is 0.392 e. The van der Waals surface area contributed by atoms with Gasteiger partial charge in [0, 0.05) is 6.07 Å². The van der Waals surface area contributed by atoms with E-state index < -0.39 is 4.92 Å². The molecule has 1 aromatic heterocycles. The van der Waals surface area contributed by atoms with Crippen LogP contribution in [-0.4, -0.2) is 25.2 Å². The van der Waals surface area contributed by atoms with E-state index in [4.69, 9.17) is 5.11 Å². The number of nitro groups is 1. The summed E-state index contributed by atoms with van der Waals surface area (Å²) in [5, 5.41) is 26.9. The zero-order valence-corrected chi connectivity index (χ0v) is 10.3.